The van der Waals surface area contributed by atoms with Crippen LogP contribution in [0.5, 0.6) is 0 Å². The predicted octanol–water partition coefficient (Wildman–Crippen LogP) is 3.57. The fraction of sp³-hybridized carbons (Fsp3) is 0.125. The highest BCUT2D eigenvalue weighted by atomic mass is 19.4. The summed E-state index contributed by atoms with van der Waals surface area (Å²) in [6, 6.07) is 6.07. The monoisotopic (exact) mass is 383 g/mol. The smallest absolute Gasteiger partial charge is 0.322 e. The van der Waals surface area contributed by atoms with Crippen LogP contribution in [0.3, 0.4) is 0 Å². The van der Waals surface area contributed by atoms with Crippen LogP contribution in [0.2, 0.25) is 0 Å². The molecule has 2 aromatic heterocycles. The third kappa shape index (κ3) is 3.61. The number of alkyl halides is 5. The van der Waals surface area contributed by atoms with E-state index in [0.29, 0.717) is 12.1 Å². The summed E-state index contributed by atoms with van der Waals surface area (Å²) in [5.74, 6) is -5.46. The van der Waals surface area contributed by atoms with E-state index in [1.54, 1.807) is 0 Å². The molecule has 27 heavy (non-hydrogen) atoms. The molecule has 6 nitrogen and oxygen atoms in total. The lowest BCUT2D eigenvalue weighted by atomic mass is 10.1. The van der Waals surface area contributed by atoms with Crippen molar-refractivity contribution in [3.8, 4) is 5.82 Å². The summed E-state index contributed by atoms with van der Waals surface area (Å²) in [6.07, 6.45) is -1.70. The predicted molar refractivity (Wildman–Crippen MR) is 83.5 cm³/mol. The summed E-state index contributed by atoms with van der Waals surface area (Å²) in [4.78, 5) is 20.2. The van der Waals surface area contributed by atoms with E-state index in [4.69, 9.17) is 0 Å². The average Bonchev–Trinajstić information content (AvgIpc) is 3.16. The molecule has 0 saturated carbocycles. The molecule has 0 saturated heterocycles. The molecule has 0 atom stereocenters. The van der Waals surface area contributed by atoms with Crippen LogP contribution in [0.15, 0.2) is 55.2 Å². The number of aromatic nitrogens is 4. The van der Waals surface area contributed by atoms with Gasteiger partial charge in [-0.15, -0.1) is 0 Å². The molecule has 0 aliphatic rings. The molecule has 1 amide bonds. The van der Waals surface area contributed by atoms with E-state index in [2.05, 4.69) is 20.4 Å². The number of carbonyl (C=O) groups is 1. The Kier molecular flexibility index (Phi) is 4.60. The first-order valence-corrected chi connectivity index (χ1v) is 7.36. The number of rotatable bonds is 4. The Bertz CT molecular complexity index is 939. The third-order valence-corrected chi connectivity index (χ3v) is 3.53. The highest BCUT2D eigenvalue weighted by Crippen LogP contribution is 2.43. The molecule has 0 bridgehead atoms. The molecule has 0 spiro atoms. The zero-order valence-electron chi connectivity index (χ0n) is 13.3. The van der Waals surface area contributed by atoms with Gasteiger partial charge in [0.05, 0.1) is 5.56 Å². The number of benzene rings is 1. The first kappa shape index (κ1) is 18.4. The number of hydrogen-bond donors (Lipinski definition) is 1. The summed E-state index contributed by atoms with van der Waals surface area (Å²) in [6.45, 7) is 0. The molecule has 0 fully saturated rings. The van der Waals surface area contributed by atoms with E-state index in [1.165, 1.54) is 35.7 Å². The molecular weight excluding hydrogens is 373 g/mol. The van der Waals surface area contributed by atoms with Gasteiger partial charge in [-0.3, -0.25) is 4.79 Å². The SMILES string of the molecule is O=C(Nc1ccc(C(F)(F)C(F)(F)F)cc1)c1cccnc1-n1cncn1. The minimum Gasteiger partial charge on any atom is -0.322 e. The van der Waals surface area contributed by atoms with E-state index in [9.17, 15) is 26.7 Å². The van der Waals surface area contributed by atoms with Crippen molar-refractivity contribution in [2.75, 3.05) is 5.32 Å². The van der Waals surface area contributed by atoms with Gasteiger partial charge in [0.1, 0.15) is 12.7 Å². The van der Waals surface area contributed by atoms with Crippen molar-refractivity contribution in [1.82, 2.24) is 19.7 Å². The van der Waals surface area contributed by atoms with Crippen LogP contribution < -0.4 is 5.32 Å². The number of amides is 1. The van der Waals surface area contributed by atoms with Gasteiger partial charge in [-0.2, -0.15) is 27.1 Å². The highest BCUT2D eigenvalue weighted by molar-refractivity contribution is 6.06. The molecule has 140 valence electrons. The second-order valence-corrected chi connectivity index (χ2v) is 5.32. The Labute approximate surface area is 148 Å². The molecule has 0 aliphatic heterocycles. The maximum absolute atomic E-state index is 13.3. The molecule has 0 radical (unpaired) electrons. The average molecular weight is 383 g/mol. The lowest BCUT2D eigenvalue weighted by Gasteiger charge is -2.20. The zero-order chi connectivity index (χ0) is 19.7. The summed E-state index contributed by atoms with van der Waals surface area (Å²) >= 11 is 0. The lowest BCUT2D eigenvalue weighted by molar-refractivity contribution is -0.289. The number of nitrogens with one attached hydrogen (secondary N) is 1. The number of nitrogens with zero attached hydrogens (tertiary/aromatic N) is 4. The van der Waals surface area contributed by atoms with Gasteiger partial charge in [-0.25, -0.2) is 14.6 Å². The van der Waals surface area contributed by atoms with Crippen molar-refractivity contribution in [1.29, 1.82) is 0 Å². The third-order valence-electron chi connectivity index (χ3n) is 3.53. The van der Waals surface area contributed by atoms with Crippen molar-refractivity contribution >= 4 is 11.6 Å². The standard InChI is InChI=1S/C16H10F5N5O/c17-15(18,16(19,20)21)10-3-5-11(6-4-10)25-14(27)12-2-1-7-23-13(12)26-9-22-8-24-26/h1-9H,(H,25,27). The molecule has 11 heteroatoms. The Hall–Kier alpha value is -3.37. The van der Waals surface area contributed by atoms with Crippen LogP contribution in [0.25, 0.3) is 5.82 Å². The minimum absolute atomic E-state index is 0.0371. The van der Waals surface area contributed by atoms with E-state index >= 15 is 0 Å². The molecular formula is C16H10F5N5O. The second-order valence-electron chi connectivity index (χ2n) is 5.32. The minimum atomic E-state index is -5.71. The Balaban J connectivity index is 1.82. The topological polar surface area (TPSA) is 72.7 Å². The lowest BCUT2D eigenvalue weighted by Crippen LogP contribution is -2.33. The number of carbonyl (C=O) groups excluding carboxylic acids is 1. The molecule has 1 N–H and O–H groups in total. The van der Waals surface area contributed by atoms with E-state index < -0.39 is 23.6 Å². The largest absolute Gasteiger partial charge is 0.458 e. The van der Waals surface area contributed by atoms with Crippen molar-refractivity contribution in [2.45, 2.75) is 12.1 Å². The quantitative estimate of drug-likeness (QED) is 0.699. The van der Waals surface area contributed by atoms with Crippen molar-refractivity contribution in [3.63, 3.8) is 0 Å². The van der Waals surface area contributed by atoms with Crippen molar-refractivity contribution in [2.24, 2.45) is 0 Å². The number of pyridine rings is 1. The van der Waals surface area contributed by atoms with Gasteiger partial charge in [0.25, 0.3) is 5.91 Å². The first-order chi connectivity index (χ1) is 12.7. The van der Waals surface area contributed by atoms with Gasteiger partial charge in [0.15, 0.2) is 5.82 Å². The normalized spacial score (nSPS) is 12.0. The van der Waals surface area contributed by atoms with Gasteiger partial charge < -0.3 is 5.32 Å². The first-order valence-electron chi connectivity index (χ1n) is 7.36. The Morgan fingerprint density at radius 1 is 1.04 bits per heavy atom. The molecule has 3 aromatic rings. The van der Waals surface area contributed by atoms with Gasteiger partial charge in [0, 0.05) is 17.4 Å². The highest BCUT2D eigenvalue weighted by Gasteiger charge is 2.58. The number of hydrogen-bond acceptors (Lipinski definition) is 4. The maximum atomic E-state index is 13.3. The van der Waals surface area contributed by atoms with Crippen LogP contribution in [0, 0.1) is 0 Å². The van der Waals surface area contributed by atoms with E-state index in [1.807, 2.05) is 0 Å². The maximum Gasteiger partial charge on any atom is 0.458 e. The fourth-order valence-corrected chi connectivity index (χ4v) is 2.20. The van der Waals surface area contributed by atoms with Crippen LogP contribution in [-0.2, 0) is 5.92 Å². The fourth-order valence-electron chi connectivity index (χ4n) is 2.20. The van der Waals surface area contributed by atoms with E-state index in [-0.39, 0.29) is 17.1 Å². The van der Waals surface area contributed by atoms with Crippen LogP contribution in [0.1, 0.15) is 15.9 Å². The van der Waals surface area contributed by atoms with Gasteiger partial charge in [0.2, 0.25) is 0 Å². The zero-order valence-corrected chi connectivity index (χ0v) is 13.3. The van der Waals surface area contributed by atoms with Crippen LogP contribution in [0.4, 0.5) is 27.6 Å². The second kappa shape index (κ2) is 6.74. The number of halogens is 5. The van der Waals surface area contributed by atoms with Gasteiger partial charge >= 0.3 is 12.1 Å². The summed E-state index contributed by atoms with van der Waals surface area (Å²) < 4.78 is 65.0. The van der Waals surface area contributed by atoms with Crippen LogP contribution in [-0.4, -0.2) is 31.8 Å². The summed E-state index contributed by atoms with van der Waals surface area (Å²) in [5, 5.41) is 6.28. The molecule has 0 unspecified atom stereocenters. The number of anilines is 1. The summed E-state index contributed by atoms with van der Waals surface area (Å²) in [5.41, 5.74) is -1.08. The molecule has 2 heterocycles. The van der Waals surface area contributed by atoms with Crippen molar-refractivity contribution < 1.29 is 26.7 Å². The molecule has 0 aliphatic carbocycles. The Morgan fingerprint density at radius 2 is 1.74 bits per heavy atom. The van der Waals surface area contributed by atoms with Gasteiger partial charge in [-0.1, -0.05) is 12.1 Å². The molecule has 3 rings (SSSR count). The van der Waals surface area contributed by atoms with E-state index in [0.717, 1.165) is 12.1 Å². The summed E-state index contributed by atoms with van der Waals surface area (Å²) in [7, 11) is 0. The van der Waals surface area contributed by atoms with Crippen LogP contribution >= 0.6 is 0 Å². The Morgan fingerprint density at radius 3 is 2.33 bits per heavy atom. The van der Waals surface area contributed by atoms with Crippen molar-refractivity contribution in [3.05, 3.63) is 66.4 Å². The van der Waals surface area contributed by atoms with Gasteiger partial charge in [-0.05, 0) is 24.3 Å². The molecule has 1 aromatic carbocycles.